The maximum Gasteiger partial charge on any atom is 0.116 e. The highest BCUT2D eigenvalue weighted by molar-refractivity contribution is 5.87. The van der Waals surface area contributed by atoms with E-state index in [2.05, 4.69) is 94.1 Å². The van der Waals surface area contributed by atoms with Gasteiger partial charge in [0.2, 0.25) is 0 Å². The number of benzene rings is 4. The van der Waals surface area contributed by atoms with E-state index in [4.69, 9.17) is 4.98 Å². The number of para-hydroxylation sites is 1. The fourth-order valence-corrected chi connectivity index (χ4v) is 4.44. The third-order valence-corrected chi connectivity index (χ3v) is 6.28. The minimum atomic E-state index is 0.858. The molecule has 2 aromatic heterocycles. The summed E-state index contributed by atoms with van der Waals surface area (Å²) in [5, 5.41) is 3.68. The number of nitrogens with zero attached hydrogens (tertiary/aromatic N) is 3. The number of anilines is 2. The molecule has 0 spiro atoms. The molecule has 1 N–H and O–H groups in total. The van der Waals surface area contributed by atoms with Gasteiger partial charge < -0.3 is 5.32 Å². The summed E-state index contributed by atoms with van der Waals surface area (Å²) in [6.45, 7) is 0. The minimum absolute atomic E-state index is 0.858. The molecule has 37 heavy (non-hydrogen) atoms. The van der Waals surface area contributed by atoms with Gasteiger partial charge in [-0.3, -0.25) is 0 Å². The summed E-state index contributed by atoms with van der Waals surface area (Å²) < 4.78 is 0. The third-order valence-electron chi connectivity index (χ3n) is 6.28. The average molecular weight is 477 g/mol. The van der Waals surface area contributed by atoms with E-state index in [-0.39, 0.29) is 0 Å². The lowest BCUT2D eigenvalue weighted by Crippen LogP contribution is -1.98. The number of rotatable bonds is 6. The van der Waals surface area contributed by atoms with Crippen LogP contribution in [0.2, 0.25) is 0 Å². The molecule has 2 heterocycles. The van der Waals surface area contributed by atoms with E-state index in [1.807, 2.05) is 48.5 Å². The lowest BCUT2D eigenvalue weighted by atomic mass is 9.99. The van der Waals surface area contributed by atoms with Crippen LogP contribution in [0.25, 0.3) is 44.9 Å². The molecule has 176 valence electrons. The van der Waals surface area contributed by atoms with Crippen LogP contribution in [0, 0.1) is 0 Å². The Morgan fingerprint density at radius 3 is 1.95 bits per heavy atom. The summed E-state index contributed by atoms with van der Waals surface area (Å²) in [7, 11) is 0. The lowest BCUT2D eigenvalue weighted by Gasteiger charge is -2.17. The zero-order valence-corrected chi connectivity index (χ0v) is 20.1. The number of nitrogens with one attached hydrogen (secondary N) is 1. The van der Waals surface area contributed by atoms with Crippen LogP contribution in [0.1, 0.15) is 0 Å². The first kappa shape index (κ1) is 22.4. The van der Waals surface area contributed by atoms with Gasteiger partial charge in [0.1, 0.15) is 6.33 Å². The molecule has 0 saturated heterocycles. The largest absolute Gasteiger partial charge is 0.354 e. The fourth-order valence-electron chi connectivity index (χ4n) is 4.44. The summed E-state index contributed by atoms with van der Waals surface area (Å²) in [6.07, 6.45) is 3.36. The van der Waals surface area contributed by atoms with Gasteiger partial charge in [0.15, 0.2) is 0 Å². The van der Waals surface area contributed by atoms with E-state index in [0.29, 0.717) is 0 Å². The van der Waals surface area contributed by atoms with E-state index in [1.165, 1.54) is 0 Å². The van der Waals surface area contributed by atoms with Crippen molar-refractivity contribution in [2.24, 2.45) is 0 Å². The van der Waals surface area contributed by atoms with Crippen molar-refractivity contribution in [3.8, 4) is 44.9 Å². The van der Waals surface area contributed by atoms with Gasteiger partial charge in [-0.2, -0.15) is 0 Å². The summed E-state index contributed by atoms with van der Waals surface area (Å²) in [5.41, 5.74) is 10.1. The zero-order valence-electron chi connectivity index (χ0n) is 20.1. The lowest BCUT2D eigenvalue weighted by molar-refractivity contribution is 1.17. The molecule has 0 unspecified atom stereocenters. The van der Waals surface area contributed by atoms with Gasteiger partial charge in [0.25, 0.3) is 0 Å². The molecule has 4 nitrogen and oxygen atoms in total. The van der Waals surface area contributed by atoms with Crippen molar-refractivity contribution < 1.29 is 0 Å². The summed E-state index contributed by atoms with van der Waals surface area (Å²) >= 11 is 0. The second-order valence-electron chi connectivity index (χ2n) is 8.67. The van der Waals surface area contributed by atoms with Crippen molar-refractivity contribution in [2.45, 2.75) is 0 Å². The molecular formula is C33H24N4. The molecule has 4 aromatic carbocycles. The Kier molecular flexibility index (Phi) is 6.21. The van der Waals surface area contributed by atoms with E-state index >= 15 is 0 Å². The van der Waals surface area contributed by atoms with E-state index < -0.39 is 0 Å². The molecule has 0 aliphatic heterocycles. The van der Waals surface area contributed by atoms with Crippen molar-refractivity contribution in [3.05, 3.63) is 140 Å². The SMILES string of the molecule is c1ccc(-c2ccc(Nc3ccccc3-c3cccc(-c4ccccc4)n3)c(-c3ccncn3)c2)cc1. The third kappa shape index (κ3) is 4.86. The molecule has 0 radical (unpaired) electrons. The summed E-state index contributed by atoms with van der Waals surface area (Å²) in [4.78, 5) is 13.6. The molecule has 6 rings (SSSR count). The topological polar surface area (TPSA) is 50.7 Å². The monoisotopic (exact) mass is 476 g/mol. The molecule has 0 fully saturated rings. The van der Waals surface area contributed by atoms with Crippen molar-refractivity contribution >= 4 is 11.4 Å². The normalized spacial score (nSPS) is 10.7. The molecule has 0 aliphatic rings. The maximum atomic E-state index is 4.99. The Labute approximate surface area is 216 Å². The van der Waals surface area contributed by atoms with Crippen molar-refractivity contribution in [3.63, 3.8) is 0 Å². The second kappa shape index (κ2) is 10.3. The Balaban J connectivity index is 1.42. The van der Waals surface area contributed by atoms with Crippen LogP contribution < -0.4 is 5.32 Å². The molecule has 0 aliphatic carbocycles. The van der Waals surface area contributed by atoms with Crippen LogP contribution in [-0.4, -0.2) is 15.0 Å². The van der Waals surface area contributed by atoms with Crippen molar-refractivity contribution in [2.75, 3.05) is 5.32 Å². The van der Waals surface area contributed by atoms with Gasteiger partial charge in [-0.25, -0.2) is 15.0 Å². The van der Waals surface area contributed by atoms with Crippen LogP contribution in [0.3, 0.4) is 0 Å². The van der Waals surface area contributed by atoms with Crippen LogP contribution in [0.15, 0.2) is 140 Å². The second-order valence-corrected chi connectivity index (χ2v) is 8.67. The minimum Gasteiger partial charge on any atom is -0.354 e. The van der Waals surface area contributed by atoms with Crippen LogP contribution in [-0.2, 0) is 0 Å². The molecular weight excluding hydrogens is 452 g/mol. The zero-order chi connectivity index (χ0) is 24.9. The highest BCUT2D eigenvalue weighted by Gasteiger charge is 2.13. The molecule has 0 bridgehead atoms. The van der Waals surface area contributed by atoms with E-state index in [0.717, 1.165) is 56.3 Å². The smallest absolute Gasteiger partial charge is 0.116 e. The van der Waals surface area contributed by atoms with Gasteiger partial charge in [0, 0.05) is 34.3 Å². The van der Waals surface area contributed by atoms with Crippen LogP contribution >= 0.6 is 0 Å². The van der Waals surface area contributed by atoms with Crippen molar-refractivity contribution in [1.82, 2.24) is 15.0 Å². The van der Waals surface area contributed by atoms with Gasteiger partial charge in [0.05, 0.1) is 17.1 Å². The Morgan fingerprint density at radius 2 is 1.16 bits per heavy atom. The first-order chi connectivity index (χ1) is 18.3. The highest BCUT2D eigenvalue weighted by Crippen LogP contribution is 2.36. The molecule has 0 atom stereocenters. The Bertz CT molecular complexity index is 1630. The van der Waals surface area contributed by atoms with Crippen LogP contribution in [0.5, 0.6) is 0 Å². The van der Waals surface area contributed by atoms with Gasteiger partial charge in [-0.1, -0.05) is 91.0 Å². The van der Waals surface area contributed by atoms with Gasteiger partial charge >= 0.3 is 0 Å². The number of hydrogen-bond acceptors (Lipinski definition) is 4. The number of aromatic nitrogens is 3. The first-order valence-electron chi connectivity index (χ1n) is 12.2. The predicted octanol–water partition coefficient (Wildman–Crippen LogP) is 8.28. The van der Waals surface area contributed by atoms with Crippen molar-refractivity contribution in [1.29, 1.82) is 0 Å². The van der Waals surface area contributed by atoms with Gasteiger partial charge in [-0.05, 0) is 47.5 Å². The quantitative estimate of drug-likeness (QED) is 0.263. The predicted molar refractivity (Wildman–Crippen MR) is 151 cm³/mol. The summed E-state index contributed by atoms with van der Waals surface area (Å²) in [6, 6.07) is 43.4. The molecule has 0 amide bonds. The molecule has 6 aromatic rings. The average Bonchev–Trinajstić information content (AvgIpc) is 2.99. The summed E-state index contributed by atoms with van der Waals surface area (Å²) in [5.74, 6) is 0. The van der Waals surface area contributed by atoms with E-state index in [1.54, 1.807) is 12.5 Å². The number of hydrogen-bond donors (Lipinski definition) is 1. The van der Waals surface area contributed by atoms with E-state index in [9.17, 15) is 0 Å². The standard InChI is InChI=1S/C33H24N4/c1-3-10-24(11-4-1)26-18-19-33(28(22-26)30-20-21-34-23-35-30)37-31-15-8-7-14-27(31)32-17-9-16-29(36-32)25-12-5-2-6-13-25/h1-23,37H. The van der Waals surface area contributed by atoms with Gasteiger partial charge in [-0.15, -0.1) is 0 Å². The maximum absolute atomic E-state index is 4.99. The first-order valence-corrected chi connectivity index (χ1v) is 12.2. The highest BCUT2D eigenvalue weighted by atomic mass is 14.9. The fraction of sp³-hybridized carbons (Fsp3) is 0. The Hall–Kier alpha value is -5.09. The molecule has 4 heteroatoms. The Morgan fingerprint density at radius 1 is 0.459 bits per heavy atom. The van der Waals surface area contributed by atoms with Crippen LogP contribution in [0.4, 0.5) is 11.4 Å². The number of pyridine rings is 1. The molecule has 0 saturated carbocycles.